The molecular formula is C12H20NO3P. The summed E-state index contributed by atoms with van der Waals surface area (Å²) in [5, 5.41) is 2.85. The molecule has 17 heavy (non-hydrogen) atoms. The summed E-state index contributed by atoms with van der Waals surface area (Å²) in [6.45, 7) is 8.24. The normalized spacial score (nSPS) is 11.5. The Morgan fingerprint density at radius 2 is 1.53 bits per heavy atom. The van der Waals surface area contributed by atoms with Gasteiger partial charge in [0.15, 0.2) is 0 Å². The number of aryl methyl sites for hydroxylation is 2. The predicted molar refractivity (Wildman–Crippen MR) is 70.4 cm³/mol. The molecule has 1 aromatic rings. The molecule has 0 saturated heterocycles. The van der Waals surface area contributed by atoms with Gasteiger partial charge in [-0.25, -0.2) is 4.57 Å². The summed E-state index contributed by atoms with van der Waals surface area (Å²) < 4.78 is 22.6. The first-order chi connectivity index (χ1) is 7.99. The first kappa shape index (κ1) is 14.2. The van der Waals surface area contributed by atoms with E-state index in [1.165, 1.54) is 0 Å². The fourth-order valence-corrected chi connectivity index (χ4v) is 2.97. The Balaban J connectivity index is 2.89. The number of anilines is 1. The Labute approximate surface area is 103 Å². The second kappa shape index (κ2) is 6.20. The minimum absolute atomic E-state index is 0.342. The van der Waals surface area contributed by atoms with E-state index in [9.17, 15) is 4.57 Å². The molecule has 0 unspecified atom stereocenters. The Kier molecular flexibility index (Phi) is 5.19. The molecule has 0 radical (unpaired) electrons. The third kappa shape index (κ3) is 4.50. The molecule has 0 fully saturated rings. The molecule has 0 aliphatic rings. The van der Waals surface area contributed by atoms with Crippen LogP contribution < -0.4 is 5.09 Å². The van der Waals surface area contributed by atoms with Crippen LogP contribution in [0.25, 0.3) is 0 Å². The van der Waals surface area contributed by atoms with Crippen LogP contribution in [-0.2, 0) is 13.6 Å². The van der Waals surface area contributed by atoms with Crippen molar-refractivity contribution < 1.29 is 13.6 Å². The molecule has 1 N–H and O–H groups in total. The molecular weight excluding hydrogens is 237 g/mol. The Morgan fingerprint density at radius 1 is 1.06 bits per heavy atom. The zero-order valence-electron chi connectivity index (χ0n) is 10.8. The average Bonchev–Trinajstić information content (AvgIpc) is 2.15. The highest BCUT2D eigenvalue weighted by atomic mass is 31.2. The molecule has 0 atom stereocenters. The monoisotopic (exact) mass is 257 g/mol. The molecule has 0 bridgehead atoms. The lowest BCUT2D eigenvalue weighted by Gasteiger charge is -2.19. The average molecular weight is 257 g/mol. The van der Waals surface area contributed by atoms with Gasteiger partial charge in [-0.3, -0.25) is 14.1 Å². The van der Waals surface area contributed by atoms with Crippen LogP contribution in [0.15, 0.2) is 18.2 Å². The number of hydrogen-bond donors (Lipinski definition) is 1. The van der Waals surface area contributed by atoms with Gasteiger partial charge in [0, 0.05) is 5.69 Å². The SMILES string of the molecule is CCOP(=O)(Nc1cc(C)cc(C)c1)OCC. The third-order valence-electron chi connectivity index (χ3n) is 2.09. The Morgan fingerprint density at radius 3 is 1.94 bits per heavy atom. The molecule has 0 aliphatic heterocycles. The van der Waals surface area contributed by atoms with Crippen molar-refractivity contribution in [3.8, 4) is 0 Å². The highest BCUT2D eigenvalue weighted by molar-refractivity contribution is 7.55. The van der Waals surface area contributed by atoms with E-state index in [1.54, 1.807) is 13.8 Å². The predicted octanol–water partition coefficient (Wildman–Crippen LogP) is 3.90. The molecule has 96 valence electrons. The van der Waals surface area contributed by atoms with E-state index in [2.05, 4.69) is 11.2 Å². The van der Waals surface area contributed by atoms with Crippen molar-refractivity contribution in [1.29, 1.82) is 0 Å². The van der Waals surface area contributed by atoms with Crippen LogP contribution in [-0.4, -0.2) is 13.2 Å². The number of hydrogen-bond acceptors (Lipinski definition) is 3. The minimum atomic E-state index is -3.23. The van der Waals surface area contributed by atoms with Gasteiger partial charge in [-0.1, -0.05) is 6.07 Å². The van der Waals surface area contributed by atoms with E-state index in [-0.39, 0.29) is 0 Å². The van der Waals surface area contributed by atoms with E-state index in [0.717, 1.165) is 16.8 Å². The van der Waals surface area contributed by atoms with E-state index in [4.69, 9.17) is 9.05 Å². The molecule has 0 amide bonds. The van der Waals surface area contributed by atoms with Crippen LogP contribution in [0.1, 0.15) is 25.0 Å². The van der Waals surface area contributed by atoms with Crippen LogP contribution in [0.3, 0.4) is 0 Å². The molecule has 4 nitrogen and oxygen atoms in total. The lowest BCUT2D eigenvalue weighted by molar-refractivity contribution is 0.225. The molecule has 0 saturated carbocycles. The van der Waals surface area contributed by atoms with Crippen LogP contribution in [0.5, 0.6) is 0 Å². The van der Waals surface area contributed by atoms with E-state index < -0.39 is 7.75 Å². The summed E-state index contributed by atoms with van der Waals surface area (Å²) >= 11 is 0. The zero-order chi connectivity index (χ0) is 12.9. The van der Waals surface area contributed by atoms with Crippen molar-refractivity contribution in [1.82, 2.24) is 0 Å². The van der Waals surface area contributed by atoms with E-state index >= 15 is 0 Å². The standard InChI is InChI=1S/C12H20NO3P/c1-5-15-17(14,16-6-2)13-12-8-10(3)7-11(4)9-12/h7-9H,5-6H2,1-4H3,(H,13,14). The van der Waals surface area contributed by atoms with Gasteiger partial charge in [-0.2, -0.15) is 0 Å². The van der Waals surface area contributed by atoms with Gasteiger partial charge in [0.05, 0.1) is 13.2 Å². The second-order valence-corrected chi connectivity index (χ2v) is 5.56. The lowest BCUT2D eigenvalue weighted by Crippen LogP contribution is -2.05. The van der Waals surface area contributed by atoms with Crippen LogP contribution in [0.4, 0.5) is 5.69 Å². The number of nitrogens with one attached hydrogen (secondary N) is 1. The topological polar surface area (TPSA) is 47.6 Å². The maximum absolute atomic E-state index is 12.2. The summed E-state index contributed by atoms with van der Waals surface area (Å²) in [4.78, 5) is 0. The van der Waals surface area contributed by atoms with E-state index in [0.29, 0.717) is 13.2 Å². The van der Waals surface area contributed by atoms with Crippen molar-refractivity contribution in [3.63, 3.8) is 0 Å². The van der Waals surface area contributed by atoms with E-state index in [1.807, 2.05) is 26.0 Å². The first-order valence-corrected chi connectivity index (χ1v) is 7.29. The van der Waals surface area contributed by atoms with Crippen molar-refractivity contribution in [3.05, 3.63) is 29.3 Å². The smallest absolute Gasteiger partial charge is 0.293 e. The van der Waals surface area contributed by atoms with Gasteiger partial charge >= 0.3 is 7.75 Å². The fraction of sp³-hybridized carbons (Fsp3) is 0.500. The third-order valence-corrected chi connectivity index (χ3v) is 3.81. The number of benzene rings is 1. The molecule has 0 aliphatic carbocycles. The van der Waals surface area contributed by atoms with Gasteiger partial charge in [0.2, 0.25) is 0 Å². The summed E-state index contributed by atoms with van der Waals surface area (Å²) in [6.07, 6.45) is 0. The summed E-state index contributed by atoms with van der Waals surface area (Å²) in [7, 11) is -3.23. The summed E-state index contributed by atoms with van der Waals surface area (Å²) in [6, 6.07) is 5.88. The quantitative estimate of drug-likeness (QED) is 0.785. The lowest BCUT2D eigenvalue weighted by atomic mass is 10.1. The van der Waals surface area contributed by atoms with Gasteiger partial charge in [0.1, 0.15) is 0 Å². The summed E-state index contributed by atoms with van der Waals surface area (Å²) in [5.41, 5.74) is 2.96. The van der Waals surface area contributed by atoms with Gasteiger partial charge in [-0.05, 0) is 51.0 Å². The molecule has 1 rings (SSSR count). The van der Waals surface area contributed by atoms with Crippen LogP contribution in [0, 0.1) is 13.8 Å². The summed E-state index contributed by atoms with van der Waals surface area (Å²) in [5.74, 6) is 0. The van der Waals surface area contributed by atoms with Crippen LogP contribution in [0.2, 0.25) is 0 Å². The number of rotatable bonds is 6. The van der Waals surface area contributed by atoms with Crippen molar-refractivity contribution in [2.75, 3.05) is 18.3 Å². The largest absolute Gasteiger partial charge is 0.432 e. The van der Waals surface area contributed by atoms with Gasteiger partial charge < -0.3 is 0 Å². The van der Waals surface area contributed by atoms with Gasteiger partial charge in [-0.15, -0.1) is 0 Å². The Bertz CT molecular complexity index is 390. The minimum Gasteiger partial charge on any atom is -0.293 e. The molecule has 0 aromatic heterocycles. The maximum atomic E-state index is 12.2. The maximum Gasteiger partial charge on any atom is 0.432 e. The fourth-order valence-electron chi connectivity index (χ4n) is 1.64. The zero-order valence-corrected chi connectivity index (χ0v) is 11.7. The van der Waals surface area contributed by atoms with Crippen molar-refractivity contribution in [2.24, 2.45) is 0 Å². The molecule has 0 spiro atoms. The molecule has 5 heteroatoms. The van der Waals surface area contributed by atoms with Gasteiger partial charge in [0.25, 0.3) is 0 Å². The Hall–Kier alpha value is -0.830. The second-order valence-electron chi connectivity index (χ2n) is 3.82. The van der Waals surface area contributed by atoms with Crippen molar-refractivity contribution >= 4 is 13.4 Å². The van der Waals surface area contributed by atoms with Crippen molar-refractivity contribution in [2.45, 2.75) is 27.7 Å². The van der Waals surface area contributed by atoms with Crippen LogP contribution >= 0.6 is 7.75 Å². The highest BCUT2D eigenvalue weighted by Gasteiger charge is 2.23. The first-order valence-electron chi connectivity index (χ1n) is 5.74. The highest BCUT2D eigenvalue weighted by Crippen LogP contribution is 2.47. The molecule has 1 aromatic carbocycles. The molecule has 0 heterocycles.